The monoisotopic (exact) mass is 536 g/mol. The fourth-order valence-electron chi connectivity index (χ4n) is 3.95. The van der Waals surface area contributed by atoms with E-state index in [1.165, 1.54) is 24.5 Å². The van der Waals surface area contributed by atoms with Crippen molar-refractivity contribution in [1.82, 2.24) is 9.21 Å². The van der Waals surface area contributed by atoms with Crippen molar-refractivity contribution in [3.63, 3.8) is 0 Å². The highest BCUT2D eigenvalue weighted by atomic mass is 35.5. The number of carbonyl (C=O) groups excluding carboxylic acids is 1. The number of amides is 1. The molecule has 0 bridgehead atoms. The van der Waals surface area contributed by atoms with Crippen molar-refractivity contribution < 1.29 is 22.4 Å². The third-order valence-corrected chi connectivity index (χ3v) is 8.28. The summed E-state index contributed by atoms with van der Waals surface area (Å²) in [5, 5.41) is 0.274. The predicted molar refractivity (Wildman–Crippen MR) is 134 cm³/mol. The molecule has 1 aliphatic heterocycles. The molecule has 2 aromatic carbocycles. The van der Waals surface area contributed by atoms with E-state index in [0.717, 1.165) is 16.3 Å². The predicted octanol–water partition coefficient (Wildman–Crippen LogP) is 4.99. The molecule has 1 fully saturated rings. The Morgan fingerprint density at radius 3 is 2.51 bits per heavy atom. The Labute approximate surface area is 215 Å². The minimum atomic E-state index is -4.14. The van der Waals surface area contributed by atoms with Crippen LogP contribution in [-0.2, 0) is 32.6 Å². The number of carbonyl (C=O) groups is 1. The van der Waals surface area contributed by atoms with Gasteiger partial charge in [0, 0.05) is 24.7 Å². The highest BCUT2D eigenvalue weighted by Gasteiger charge is 2.33. The summed E-state index contributed by atoms with van der Waals surface area (Å²) in [5.41, 5.74) is 0.916. The standard InChI is InChI=1S/C25H26Cl2N2O5S/c26-20-10-11-23(27)24(14-20)35(31,32)29(17-22-9-5-13-34-22)18-25(30)28(16-21-8-4-12-33-21)15-19-6-2-1-3-7-19/h1-4,6-8,10-12,14,22H,5,9,13,15-18H2. The third kappa shape index (κ3) is 6.65. The van der Waals surface area contributed by atoms with Crippen LogP contribution in [0.3, 0.4) is 0 Å². The maximum Gasteiger partial charge on any atom is 0.245 e. The second-order valence-electron chi connectivity index (χ2n) is 8.32. The second-order valence-corrected chi connectivity index (χ2v) is 11.1. The Hall–Kier alpha value is -2.36. The van der Waals surface area contributed by atoms with Gasteiger partial charge in [0.25, 0.3) is 0 Å². The Kier molecular flexibility index (Phi) is 8.51. The first-order valence-corrected chi connectivity index (χ1v) is 13.4. The molecule has 186 valence electrons. The van der Waals surface area contributed by atoms with Gasteiger partial charge in [-0.05, 0) is 48.7 Å². The summed E-state index contributed by atoms with van der Waals surface area (Å²) in [6, 6.07) is 17.3. The van der Waals surface area contributed by atoms with Gasteiger partial charge in [-0.3, -0.25) is 4.79 Å². The van der Waals surface area contributed by atoms with Gasteiger partial charge in [-0.15, -0.1) is 0 Å². The lowest BCUT2D eigenvalue weighted by atomic mass is 10.2. The molecular formula is C25H26Cl2N2O5S. The van der Waals surface area contributed by atoms with Crippen molar-refractivity contribution in [2.24, 2.45) is 0 Å². The van der Waals surface area contributed by atoms with Crippen LogP contribution in [-0.4, -0.2) is 49.3 Å². The van der Waals surface area contributed by atoms with E-state index in [4.69, 9.17) is 32.4 Å². The Morgan fingerprint density at radius 1 is 1.03 bits per heavy atom. The van der Waals surface area contributed by atoms with Crippen LogP contribution in [0.4, 0.5) is 0 Å². The lowest BCUT2D eigenvalue weighted by molar-refractivity contribution is -0.133. The number of benzene rings is 2. The highest BCUT2D eigenvalue weighted by molar-refractivity contribution is 7.89. The van der Waals surface area contributed by atoms with Crippen molar-refractivity contribution in [1.29, 1.82) is 0 Å². The van der Waals surface area contributed by atoms with E-state index in [2.05, 4.69) is 0 Å². The summed E-state index contributed by atoms with van der Waals surface area (Å²) < 4.78 is 39.6. The first kappa shape index (κ1) is 25.7. The summed E-state index contributed by atoms with van der Waals surface area (Å²) in [7, 11) is -4.14. The SMILES string of the molecule is O=C(CN(CC1CCCO1)S(=O)(=O)c1cc(Cl)ccc1Cl)N(Cc1ccccc1)Cc1ccco1. The number of sulfonamides is 1. The van der Waals surface area contributed by atoms with Crippen molar-refractivity contribution in [2.45, 2.75) is 36.9 Å². The summed E-state index contributed by atoms with van der Waals surface area (Å²) in [5.74, 6) is 0.227. The molecule has 0 aliphatic carbocycles. The van der Waals surface area contributed by atoms with Crippen LogP contribution in [0.2, 0.25) is 10.0 Å². The molecule has 7 nitrogen and oxygen atoms in total. The molecule has 0 saturated carbocycles. The number of rotatable bonds is 10. The Balaban J connectivity index is 1.62. The number of hydrogen-bond acceptors (Lipinski definition) is 5. The highest BCUT2D eigenvalue weighted by Crippen LogP contribution is 2.29. The van der Waals surface area contributed by atoms with E-state index in [1.54, 1.807) is 17.0 Å². The minimum Gasteiger partial charge on any atom is -0.467 e. The minimum absolute atomic E-state index is 0.0379. The lowest BCUT2D eigenvalue weighted by Crippen LogP contribution is -2.45. The van der Waals surface area contributed by atoms with Crippen molar-refractivity contribution >= 4 is 39.1 Å². The van der Waals surface area contributed by atoms with Gasteiger partial charge in [0.2, 0.25) is 15.9 Å². The molecule has 1 saturated heterocycles. The molecule has 1 aliphatic rings. The van der Waals surface area contributed by atoms with Gasteiger partial charge >= 0.3 is 0 Å². The van der Waals surface area contributed by atoms with Gasteiger partial charge in [-0.1, -0.05) is 53.5 Å². The topological polar surface area (TPSA) is 80.1 Å². The average Bonchev–Trinajstić information content (AvgIpc) is 3.55. The summed E-state index contributed by atoms with van der Waals surface area (Å²) in [4.78, 5) is 15.0. The number of ether oxygens (including phenoxy) is 1. The second kappa shape index (κ2) is 11.6. The van der Waals surface area contributed by atoms with Crippen molar-refractivity contribution in [2.75, 3.05) is 19.7 Å². The Bertz CT molecular complexity index is 1230. The van der Waals surface area contributed by atoms with E-state index in [9.17, 15) is 13.2 Å². The van der Waals surface area contributed by atoms with Crippen LogP contribution in [0.5, 0.6) is 0 Å². The molecular weight excluding hydrogens is 511 g/mol. The maximum absolute atomic E-state index is 13.7. The van der Waals surface area contributed by atoms with Crippen LogP contribution in [0.25, 0.3) is 0 Å². The Morgan fingerprint density at radius 2 is 1.83 bits per heavy atom. The zero-order chi connectivity index (χ0) is 24.8. The summed E-state index contributed by atoms with van der Waals surface area (Å²) in [6.07, 6.45) is 2.78. The molecule has 1 atom stereocenters. The van der Waals surface area contributed by atoms with Crippen LogP contribution < -0.4 is 0 Å². The molecule has 0 radical (unpaired) electrons. The average molecular weight is 537 g/mol. The largest absolute Gasteiger partial charge is 0.467 e. The number of halogens is 2. The van der Waals surface area contributed by atoms with Crippen LogP contribution in [0.1, 0.15) is 24.2 Å². The molecule has 1 amide bonds. The zero-order valence-electron chi connectivity index (χ0n) is 19.0. The number of hydrogen-bond donors (Lipinski definition) is 0. The molecule has 10 heteroatoms. The number of nitrogens with zero attached hydrogens (tertiary/aromatic N) is 2. The van der Waals surface area contributed by atoms with Crippen LogP contribution in [0.15, 0.2) is 76.2 Å². The molecule has 2 heterocycles. The van der Waals surface area contributed by atoms with Crippen molar-refractivity contribution in [3.8, 4) is 0 Å². The quantitative estimate of drug-likeness (QED) is 0.364. The maximum atomic E-state index is 13.7. The van der Waals surface area contributed by atoms with Gasteiger partial charge in [-0.25, -0.2) is 8.42 Å². The van der Waals surface area contributed by atoms with Crippen LogP contribution in [0, 0.1) is 0 Å². The molecule has 1 aromatic heterocycles. The summed E-state index contributed by atoms with van der Waals surface area (Å²) >= 11 is 12.3. The molecule has 0 N–H and O–H groups in total. The van der Waals surface area contributed by atoms with E-state index in [0.29, 0.717) is 25.3 Å². The fraction of sp³-hybridized carbons (Fsp3) is 0.320. The fourth-order valence-corrected chi connectivity index (χ4v) is 6.11. The molecule has 1 unspecified atom stereocenters. The van der Waals surface area contributed by atoms with E-state index in [1.807, 2.05) is 30.3 Å². The van der Waals surface area contributed by atoms with Gasteiger partial charge in [-0.2, -0.15) is 4.31 Å². The smallest absolute Gasteiger partial charge is 0.245 e. The van der Waals surface area contributed by atoms with Gasteiger partial charge in [0.15, 0.2) is 0 Å². The van der Waals surface area contributed by atoms with Gasteiger partial charge < -0.3 is 14.1 Å². The first-order valence-electron chi connectivity index (χ1n) is 11.2. The van der Waals surface area contributed by atoms with E-state index >= 15 is 0 Å². The van der Waals surface area contributed by atoms with Gasteiger partial charge in [0.1, 0.15) is 10.7 Å². The normalized spacial score (nSPS) is 16.0. The van der Waals surface area contributed by atoms with Gasteiger partial charge in [0.05, 0.1) is 30.5 Å². The molecule has 0 spiro atoms. The third-order valence-electron chi connectivity index (χ3n) is 5.75. The van der Waals surface area contributed by atoms with Crippen LogP contribution >= 0.6 is 23.2 Å². The molecule has 35 heavy (non-hydrogen) atoms. The summed E-state index contributed by atoms with van der Waals surface area (Å²) in [6.45, 7) is 0.719. The van der Waals surface area contributed by atoms with Crippen molar-refractivity contribution in [3.05, 3.63) is 88.3 Å². The number of furan rings is 1. The van der Waals surface area contributed by atoms with E-state index in [-0.39, 0.29) is 46.6 Å². The first-order chi connectivity index (χ1) is 16.8. The lowest BCUT2D eigenvalue weighted by Gasteiger charge is -2.28. The molecule has 3 aromatic rings. The zero-order valence-corrected chi connectivity index (χ0v) is 21.3. The molecule has 4 rings (SSSR count). The van der Waals surface area contributed by atoms with E-state index < -0.39 is 10.0 Å².